The Morgan fingerprint density at radius 3 is 2.41 bits per heavy atom. The molecule has 0 saturated carbocycles. The molecule has 0 aliphatic carbocycles. The Morgan fingerprint density at radius 2 is 1.94 bits per heavy atom. The minimum atomic E-state index is -0.238. The zero-order chi connectivity index (χ0) is 12.9. The predicted octanol–water partition coefficient (Wildman–Crippen LogP) is 1.40. The van der Waals surface area contributed by atoms with Crippen LogP contribution in [0.4, 0.5) is 0 Å². The summed E-state index contributed by atoms with van der Waals surface area (Å²) in [7, 11) is 0. The van der Waals surface area contributed by atoms with E-state index in [1.165, 1.54) is 0 Å². The van der Waals surface area contributed by atoms with Crippen LogP contribution in [-0.2, 0) is 9.53 Å². The van der Waals surface area contributed by atoms with E-state index in [2.05, 4.69) is 12.2 Å². The van der Waals surface area contributed by atoms with Crippen molar-refractivity contribution >= 4 is 5.91 Å². The summed E-state index contributed by atoms with van der Waals surface area (Å²) in [6.07, 6.45) is 2.10. The van der Waals surface area contributed by atoms with E-state index in [1.54, 1.807) is 0 Å². The van der Waals surface area contributed by atoms with Gasteiger partial charge in [0.25, 0.3) is 0 Å². The molecule has 0 aromatic rings. The van der Waals surface area contributed by atoms with Gasteiger partial charge in [0, 0.05) is 19.1 Å². The first-order valence-corrected chi connectivity index (χ1v) is 6.57. The van der Waals surface area contributed by atoms with E-state index >= 15 is 0 Å². The molecule has 4 heteroatoms. The monoisotopic (exact) mass is 242 g/mol. The molecule has 1 aliphatic rings. The molecule has 0 unspecified atom stereocenters. The van der Waals surface area contributed by atoms with Gasteiger partial charge in [-0.25, -0.2) is 0 Å². The van der Waals surface area contributed by atoms with Crippen molar-refractivity contribution in [2.24, 2.45) is 0 Å². The summed E-state index contributed by atoms with van der Waals surface area (Å²) in [6.45, 7) is 10.9. The van der Waals surface area contributed by atoms with E-state index in [-0.39, 0.29) is 18.1 Å². The highest BCUT2D eigenvalue weighted by molar-refractivity contribution is 5.77. The number of hydrogen-bond donors (Lipinski definition) is 1. The first-order chi connectivity index (χ1) is 7.92. The summed E-state index contributed by atoms with van der Waals surface area (Å²) in [5.41, 5.74) is -0.238. The lowest BCUT2D eigenvalue weighted by Gasteiger charge is -2.33. The van der Waals surface area contributed by atoms with Crippen molar-refractivity contribution in [1.29, 1.82) is 0 Å². The topological polar surface area (TPSA) is 41.6 Å². The molecule has 0 aromatic heterocycles. The molecule has 1 N–H and O–H groups in total. The number of rotatable bonds is 4. The maximum atomic E-state index is 11.9. The van der Waals surface area contributed by atoms with E-state index in [0.717, 1.165) is 32.5 Å². The molecule has 4 nitrogen and oxygen atoms in total. The Balaban J connectivity index is 2.26. The van der Waals surface area contributed by atoms with Crippen LogP contribution in [0.5, 0.6) is 0 Å². The summed E-state index contributed by atoms with van der Waals surface area (Å²) in [5.74, 6) is 0.120. The Bertz CT molecular complexity index is 240. The second-order valence-corrected chi connectivity index (χ2v) is 5.61. The molecular formula is C13H26N2O2. The standard InChI is InChI=1S/C13H26N2O2/c1-5-14-11-6-8-15(9-7-11)12(16)10-17-13(2,3)4/h11,14H,5-10H2,1-4H3. The van der Waals surface area contributed by atoms with Crippen LogP contribution in [0.25, 0.3) is 0 Å². The third kappa shape index (κ3) is 5.50. The molecule has 1 amide bonds. The molecule has 1 rings (SSSR count). The molecule has 0 spiro atoms. The highest BCUT2D eigenvalue weighted by atomic mass is 16.5. The largest absolute Gasteiger partial charge is 0.366 e. The van der Waals surface area contributed by atoms with E-state index < -0.39 is 0 Å². The van der Waals surface area contributed by atoms with Crippen LogP contribution in [0.3, 0.4) is 0 Å². The lowest BCUT2D eigenvalue weighted by molar-refractivity contribution is -0.142. The number of piperidine rings is 1. The zero-order valence-electron chi connectivity index (χ0n) is 11.6. The highest BCUT2D eigenvalue weighted by Crippen LogP contribution is 2.12. The normalized spacial score (nSPS) is 18.5. The molecule has 0 atom stereocenters. The van der Waals surface area contributed by atoms with Gasteiger partial charge in [-0.3, -0.25) is 4.79 Å². The van der Waals surface area contributed by atoms with Crippen molar-refractivity contribution in [3.05, 3.63) is 0 Å². The van der Waals surface area contributed by atoms with Gasteiger partial charge in [-0.15, -0.1) is 0 Å². The molecule has 0 radical (unpaired) electrons. The van der Waals surface area contributed by atoms with Gasteiger partial charge in [-0.1, -0.05) is 6.92 Å². The van der Waals surface area contributed by atoms with Gasteiger partial charge in [0.05, 0.1) is 5.60 Å². The van der Waals surface area contributed by atoms with Crippen LogP contribution in [0.1, 0.15) is 40.5 Å². The number of ether oxygens (including phenoxy) is 1. The van der Waals surface area contributed by atoms with Crippen LogP contribution in [0.15, 0.2) is 0 Å². The third-order valence-electron chi connectivity index (χ3n) is 2.97. The molecule has 100 valence electrons. The third-order valence-corrected chi connectivity index (χ3v) is 2.97. The summed E-state index contributed by atoms with van der Waals surface area (Å²) in [5, 5.41) is 3.43. The molecule has 17 heavy (non-hydrogen) atoms. The number of carbonyl (C=O) groups excluding carboxylic acids is 1. The average Bonchev–Trinajstić information content (AvgIpc) is 2.26. The van der Waals surface area contributed by atoms with Crippen molar-refractivity contribution in [3.8, 4) is 0 Å². The molecule has 1 aliphatic heterocycles. The van der Waals surface area contributed by atoms with Crippen molar-refractivity contribution in [3.63, 3.8) is 0 Å². The van der Waals surface area contributed by atoms with Crippen molar-refractivity contribution in [1.82, 2.24) is 10.2 Å². The first-order valence-electron chi connectivity index (χ1n) is 6.57. The Kier molecular flexibility index (Phi) is 5.40. The molecule has 1 heterocycles. The van der Waals surface area contributed by atoms with Crippen LogP contribution in [-0.4, -0.2) is 48.7 Å². The van der Waals surface area contributed by atoms with Gasteiger partial charge in [0.15, 0.2) is 0 Å². The second kappa shape index (κ2) is 6.36. The zero-order valence-corrected chi connectivity index (χ0v) is 11.6. The SMILES string of the molecule is CCNC1CCN(C(=O)COC(C)(C)C)CC1. The van der Waals surface area contributed by atoms with Gasteiger partial charge in [0.2, 0.25) is 5.91 Å². The van der Waals surface area contributed by atoms with Gasteiger partial charge < -0.3 is 15.0 Å². The van der Waals surface area contributed by atoms with Crippen LogP contribution >= 0.6 is 0 Å². The van der Waals surface area contributed by atoms with Crippen molar-refractivity contribution in [2.45, 2.75) is 52.2 Å². The number of nitrogens with one attached hydrogen (secondary N) is 1. The maximum absolute atomic E-state index is 11.9. The summed E-state index contributed by atoms with van der Waals surface area (Å²) < 4.78 is 5.51. The molecular weight excluding hydrogens is 216 g/mol. The average molecular weight is 242 g/mol. The Labute approximate surface area is 105 Å². The van der Waals surface area contributed by atoms with E-state index in [9.17, 15) is 4.79 Å². The molecule has 0 aromatic carbocycles. The fraction of sp³-hybridized carbons (Fsp3) is 0.923. The van der Waals surface area contributed by atoms with Crippen LogP contribution in [0, 0.1) is 0 Å². The number of hydrogen-bond acceptors (Lipinski definition) is 3. The van der Waals surface area contributed by atoms with E-state index in [1.807, 2.05) is 25.7 Å². The smallest absolute Gasteiger partial charge is 0.248 e. The van der Waals surface area contributed by atoms with E-state index in [0.29, 0.717) is 6.04 Å². The molecule has 0 bridgehead atoms. The molecule has 1 fully saturated rings. The lowest BCUT2D eigenvalue weighted by Crippen LogP contribution is -2.46. The van der Waals surface area contributed by atoms with E-state index in [4.69, 9.17) is 4.74 Å². The fourth-order valence-electron chi connectivity index (χ4n) is 1.99. The van der Waals surface area contributed by atoms with Crippen LogP contribution in [0.2, 0.25) is 0 Å². The Morgan fingerprint density at radius 1 is 1.35 bits per heavy atom. The number of carbonyl (C=O) groups is 1. The number of amides is 1. The summed E-state index contributed by atoms with van der Waals surface area (Å²) in [4.78, 5) is 13.8. The van der Waals surface area contributed by atoms with Gasteiger partial charge >= 0.3 is 0 Å². The minimum absolute atomic E-state index is 0.120. The summed E-state index contributed by atoms with van der Waals surface area (Å²) >= 11 is 0. The van der Waals surface area contributed by atoms with Crippen molar-refractivity contribution in [2.75, 3.05) is 26.2 Å². The van der Waals surface area contributed by atoms with Crippen molar-refractivity contribution < 1.29 is 9.53 Å². The lowest BCUT2D eigenvalue weighted by atomic mass is 10.1. The van der Waals surface area contributed by atoms with Crippen LogP contribution < -0.4 is 5.32 Å². The van der Waals surface area contributed by atoms with Gasteiger partial charge in [-0.2, -0.15) is 0 Å². The predicted molar refractivity (Wildman–Crippen MR) is 69.0 cm³/mol. The fourth-order valence-corrected chi connectivity index (χ4v) is 1.99. The second-order valence-electron chi connectivity index (χ2n) is 5.61. The highest BCUT2D eigenvalue weighted by Gasteiger charge is 2.23. The summed E-state index contributed by atoms with van der Waals surface area (Å²) in [6, 6.07) is 0.576. The quantitative estimate of drug-likeness (QED) is 0.810. The number of nitrogens with zero attached hydrogens (tertiary/aromatic N) is 1. The van der Waals surface area contributed by atoms with Gasteiger partial charge in [-0.05, 0) is 40.2 Å². The number of likely N-dealkylation sites (tertiary alicyclic amines) is 1. The molecule has 1 saturated heterocycles. The van der Waals surface area contributed by atoms with Gasteiger partial charge in [0.1, 0.15) is 6.61 Å². The maximum Gasteiger partial charge on any atom is 0.248 e. The first kappa shape index (κ1) is 14.5. The minimum Gasteiger partial charge on any atom is -0.366 e. The Hall–Kier alpha value is -0.610.